The van der Waals surface area contributed by atoms with Gasteiger partial charge in [0.25, 0.3) is 5.91 Å². The molecular formula is C12H16BrClN2O2. The summed E-state index contributed by atoms with van der Waals surface area (Å²) in [7, 11) is 0. The predicted molar refractivity (Wildman–Crippen MR) is 78.1 cm³/mol. The van der Waals surface area contributed by atoms with Crippen molar-refractivity contribution in [3.63, 3.8) is 0 Å². The molecule has 0 aromatic heterocycles. The highest BCUT2D eigenvalue weighted by molar-refractivity contribution is 9.10. The van der Waals surface area contributed by atoms with Crippen LogP contribution in [0, 0.1) is 6.92 Å². The Balaban J connectivity index is 0.00000162. The number of aryl methyl sites for hydroxylation is 1. The topological polar surface area (TPSA) is 64.3 Å². The minimum atomic E-state index is -0.339. The Morgan fingerprint density at radius 2 is 2.28 bits per heavy atom. The molecule has 1 aliphatic heterocycles. The summed E-state index contributed by atoms with van der Waals surface area (Å²) in [5.74, 6) is -0.119. The van der Waals surface area contributed by atoms with Crippen molar-refractivity contribution in [2.24, 2.45) is 0 Å². The summed E-state index contributed by atoms with van der Waals surface area (Å²) in [5, 5.41) is 2.81. The Morgan fingerprint density at radius 1 is 1.56 bits per heavy atom. The molecule has 1 aromatic carbocycles. The number of hydrogen-bond donors (Lipinski definition) is 2. The quantitative estimate of drug-likeness (QED) is 0.817. The molecule has 1 unspecified atom stereocenters. The molecule has 6 heteroatoms. The van der Waals surface area contributed by atoms with Crippen molar-refractivity contribution in [1.29, 1.82) is 0 Å². The molecule has 4 nitrogen and oxygen atoms in total. The molecule has 3 N–H and O–H groups in total. The number of nitrogens with two attached hydrogens (primary N) is 1. The third-order valence-electron chi connectivity index (χ3n) is 2.83. The number of amides is 1. The highest BCUT2D eigenvalue weighted by Crippen LogP contribution is 2.28. The number of rotatable bonds is 2. The van der Waals surface area contributed by atoms with Gasteiger partial charge in [0.15, 0.2) is 0 Å². The van der Waals surface area contributed by atoms with E-state index in [9.17, 15) is 4.79 Å². The van der Waals surface area contributed by atoms with Crippen LogP contribution in [0.4, 0.5) is 11.4 Å². The van der Waals surface area contributed by atoms with Crippen LogP contribution in [-0.4, -0.2) is 18.6 Å². The smallest absolute Gasteiger partial charge is 0.253 e. The van der Waals surface area contributed by atoms with Crippen LogP contribution < -0.4 is 11.1 Å². The molecule has 1 saturated heterocycles. The fourth-order valence-corrected chi connectivity index (χ4v) is 2.43. The van der Waals surface area contributed by atoms with Crippen molar-refractivity contribution in [2.75, 3.05) is 17.7 Å². The maximum absolute atomic E-state index is 11.9. The normalized spacial score (nSPS) is 18.2. The zero-order chi connectivity index (χ0) is 12.4. The SMILES string of the molecule is Cc1cc(Br)cc(NC(=O)C2CCCO2)c1N.Cl. The zero-order valence-electron chi connectivity index (χ0n) is 10.0. The number of ether oxygens (including phenoxy) is 1. The van der Waals surface area contributed by atoms with Gasteiger partial charge in [-0.1, -0.05) is 15.9 Å². The lowest BCUT2D eigenvalue weighted by Gasteiger charge is -2.14. The molecule has 2 rings (SSSR count). The van der Waals surface area contributed by atoms with Gasteiger partial charge in [0.2, 0.25) is 0 Å². The fraction of sp³-hybridized carbons (Fsp3) is 0.417. The third kappa shape index (κ3) is 3.37. The number of hydrogen-bond acceptors (Lipinski definition) is 3. The molecule has 1 atom stereocenters. The van der Waals surface area contributed by atoms with Crippen LogP contribution in [0.15, 0.2) is 16.6 Å². The van der Waals surface area contributed by atoms with E-state index in [0.29, 0.717) is 18.0 Å². The number of carbonyl (C=O) groups excluding carboxylic acids is 1. The lowest BCUT2D eigenvalue weighted by Crippen LogP contribution is -2.27. The average molecular weight is 336 g/mol. The van der Waals surface area contributed by atoms with Crippen LogP contribution in [0.25, 0.3) is 0 Å². The molecule has 0 radical (unpaired) electrons. The van der Waals surface area contributed by atoms with Gasteiger partial charge in [0, 0.05) is 11.1 Å². The summed E-state index contributed by atoms with van der Waals surface area (Å²) >= 11 is 3.38. The van der Waals surface area contributed by atoms with Gasteiger partial charge in [-0.3, -0.25) is 4.79 Å². The second kappa shape index (κ2) is 6.41. The maximum Gasteiger partial charge on any atom is 0.253 e. The number of nitrogens with one attached hydrogen (secondary N) is 1. The predicted octanol–water partition coefficient (Wildman–Crippen LogP) is 2.88. The van der Waals surface area contributed by atoms with E-state index in [1.54, 1.807) is 6.07 Å². The van der Waals surface area contributed by atoms with Crippen molar-refractivity contribution in [3.05, 3.63) is 22.2 Å². The van der Waals surface area contributed by atoms with Crippen molar-refractivity contribution in [1.82, 2.24) is 0 Å². The first-order chi connectivity index (χ1) is 8.08. The van der Waals surface area contributed by atoms with Crippen LogP contribution >= 0.6 is 28.3 Å². The van der Waals surface area contributed by atoms with Gasteiger partial charge in [-0.15, -0.1) is 12.4 Å². The maximum atomic E-state index is 11.9. The Hall–Kier alpha value is -0.780. The van der Waals surface area contributed by atoms with E-state index in [-0.39, 0.29) is 24.4 Å². The molecule has 0 bridgehead atoms. The molecule has 1 fully saturated rings. The highest BCUT2D eigenvalue weighted by Gasteiger charge is 2.24. The van der Waals surface area contributed by atoms with Gasteiger partial charge in [-0.25, -0.2) is 0 Å². The van der Waals surface area contributed by atoms with E-state index in [2.05, 4.69) is 21.2 Å². The Kier molecular flexibility index (Phi) is 5.44. The van der Waals surface area contributed by atoms with E-state index in [0.717, 1.165) is 22.9 Å². The molecule has 0 saturated carbocycles. The molecular weight excluding hydrogens is 320 g/mol. The summed E-state index contributed by atoms with van der Waals surface area (Å²) < 4.78 is 6.22. The van der Waals surface area contributed by atoms with Crippen LogP contribution in [0.2, 0.25) is 0 Å². The zero-order valence-corrected chi connectivity index (χ0v) is 12.4. The van der Waals surface area contributed by atoms with Gasteiger partial charge in [0.05, 0.1) is 11.4 Å². The molecule has 1 aliphatic rings. The highest BCUT2D eigenvalue weighted by atomic mass is 79.9. The Bertz CT molecular complexity index is 448. The van der Waals surface area contributed by atoms with E-state index in [1.165, 1.54) is 0 Å². The molecule has 1 amide bonds. The second-order valence-electron chi connectivity index (χ2n) is 4.17. The first-order valence-corrected chi connectivity index (χ1v) is 6.35. The average Bonchev–Trinajstić information content (AvgIpc) is 2.78. The summed E-state index contributed by atoms with van der Waals surface area (Å²) in [5.41, 5.74) is 8.09. The third-order valence-corrected chi connectivity index (χ3v) is 3.29. The van der Waals surface area contributed by atoms with Crippen molar-refractivity contribution in [3.8, 4) is 0 Å². The summed E-state index contributed by atoms with van der Waals surface area (Å²) in [6, 6.07) is 3.71. The van der Waals surface area contributed by atoms with Crippen LogP contribution in [-0.2, 0) is 9.53 Å². The number of halogens is 2. The molecule has 1 heterocycles. The lowest BCUT2D eigenvalue weighted by molar-refractivity contribution is -0.124. The van der Waals surface area contributed by atoms with Gasteiger partial charge < -0.3 is 15.8 Å². The fourth-order valence-electron chi connectivity index (χ4n) is 1.86. The van der Waals surface area contributed by atoms with Gasteiger partial charge >= 0.3 is 0 Å². The van der Waals surface area contributed by atoms with E-state index in [1.807, 2.05) is 13.0 Å². The van der Waals surface area contributed by atoms with E-state index >= 15 is 0 Å². The standard InChI is InChI=1S/C12H15BrN2O2.ClH/c1-7-5-8(13)6-9(11(7)14)15-12(16)10-3-2-4-17-10;/h5-6,10H,2-4,14H2,1H3,(H,15,16);1H. The van der Waals surface area contributed by atoms with Crippen LogP contribution in [0.1, 0.15) is 18.4 Å². The summed E-state index contributed by atoms with van der Waals surface area (Å²) in [4.78, 5) is 11.9. The number of carbonyl (C=O) groups is 1. The Morgan fingerprint density at radius 3 is 2.89 bits per heavy atom. The van der Waals surface area contributed by atoms with Gasteiger partial charge in [0.1, 0.15) is 6.10 Å². The van der Waals surface area contributed by atoms with Crippen molar-refractivity contribution >= 4 is 45.6 Å². The lowest BCUT2D eigenvalue weighted by atomic mass is 10.1. The van der Waals surface area contributed by atoms with Crippen molar-refractivity contribution < 1.29 is 9.53 Å². The number of nitrogen functional groups attached to an aromatic ring is 1. The van der Waals surface area contributed by atoms with E-state index in [4.69, 9.17) is 10.5 Å². The summed E-state index contributed by atoms with van der Waals surface area (Å²) in [6.07, 6.45) is 1.37. The summed E-state index contributed by atoms with van der Waals surface area (Å²) in [6.45, 7) is 2.56. The first-order valence-electron chi connectivity index (χ1n) is 5.56. The first kappa shape index (κ1) is 15.3. The van der Waals surface area contributed by atoms with E-state index < -0.39 is 0 Å². The number of benzene rings is 1. The van der Waals surface area contributed by atoms with Crippen LogP contribution in [0.3, 0.4) is 0 Å². The number of anilines is 2. The van der Waals surface area contributed by atoms with Gasteiger partial charge in [-0.2, -0.15) is 0 Å². The molecule has 0 spiro atoms. The van der Waals surface area contributed by atoms with Crippen molar-refractivity contribution in [2.45, 2.75) is 25.9 Å². The second-order valence-corrected chi connectivity index (χ2v) is 5.09. The van der Waals surface area contributed by atoms with Gasteiger partial charge in [-0.05, 0) is 37.5 Å². The van der Waals surface area contributed by atoms with Crippen LogP contribution in [0.5, 0.6) is 0 Å². The molecule has 0 aliphatic carbocycles. The molecule has 100 valence electrons. The molecule has 1 aromatic rings. The molecule has 18 heavy (non-hydrogen) atoms. The monoisotopic (exact) mass is 334 g/mol. The minimum absolute atomic E-state index is 0. The Labute approximate surface area is 121 Å². The minimum Gasteiger partial charge on any atom is -0.397 e. The largest absolute Gasteiger partial charge is 0.397 e.